The molecule has 0 saturated heterocycles. The van der Waals surface area contributed by atoms with Crippen LogP contribution in [0.5, 0.6) is 0 Å². The lowest BCUT2D eigenvalue weighted by Gasteiger charge is -2.25. The van der Waals surface area contributed by atoms with Crippen LogP contribution in [0.1, 0.15) is 58.8 Å². The Morgan fingerprint density at radius 1 is 1.12 bits per heavy atom. The lowest BCUT2D eigenvalue weighted by molar-refractivity contribution is 0.460. The molecule has 1 fully saturated rings. The maximum absolute atomic E-state index is 4.89. The topological polar surface area (TPSA) is 33.1 Å². The zero-order chi connectivity index (χ0) is 16.9. The molecule has 0 spiro atoms. The molecule has 2 aromatic rings. The second kappa shape index (κ2) is 7.91. The molecule has 0 aliphatic heterocycles. The van der Waals surface area contributed by atoms with Gasteiger partial charge in [0, 0.05) is 26.2 Å². The van der Waals surface area contributed by atoms with Crippen LogP contribution >= 0.6 is 0 Å². The minimum absolute atomic E-state index is 0.583. The number of nitrogens with zero attached hydrogens (tertiary/aromatic N) is 3. The van der Waals surface area contributed by atoms with Gasteiger partial charge in [0.25, 0.3) is 0 Å². The number of benzene rings is 1. The van der Waals surface area contributed by atoms with E-state index in [0.717, 1.165) is 24.6 Å². The molecule has 1 aromatic carbocycles. The molecule has 1 N–H and O–H groups in total. The molecule has 0 bridgehead atoms. The maximum atomic E-state index is 4.89. The fourth-order valence-electron chi connectivity index (χ4n) is 3.95. The summed E-state index contributed by atoms with van der Waals surface area (Å²) in [6, 6.07) is 7.12. The Balaban J connectivity index is 1.93. The largest absolute Gasteiger partial charge is 0.370 e. The molecule has 24 heavy (non-hydrogen) atoms. The molecule has 4 heteroatoms. The summed E-state index contributed by atoms with van der Waals surface area (Å²) in [6.45, 7) is 6.71. The SMILES string of the molecule is CCCN(CCC)c1cccc2nc(NC3CCCCC3)n(C)c12. The molecule has 4 nitrogen and oxygen atoms in total. The molecule has 0 atom stereocenters. The minimum Gasteiger partial charge on any atom is -0.370 e. The average molecular weight is 329 g/mol. The maximum Gasteiger partial charge on any atom is 0.203 e. The Labute approximate surface area is 146 Å². The van der Waals surface area contributed by atoms with Crippen LogP contribution < -0.4 is 10.2 Å². The Morgan fingerprint density at radius 2 is 1.83 bits per heavy atom. The number of para-hydroxylation sites is 1. The summed E-state index contributed by atoms with van der Waals surface area (Å²) in [5.41, 5.74) is 3.69. The van der Waals surface area contributed by atoms with Gasteiger partial charge in [-0.25, -0.2) is 4.98 Å². The van der Waals surface area contributed by atoms with Crippen molar-refractivity contribution in [1.82, 2.24) is 9.55 Å². The number of fused-ring (bicyclic) bond motifs is 1. The third-order valence-corrected chi connectivity index (χ3v) is 5.14. The Bertz CT molecular complexity index is 649. The first kappa shape index (κ1) is 17.1. The zero-order valence-electron chi connectivity index (χ0n) is 15.5. The second-order valence-corrected chi connectivity index (χ2v) is 7.11. The van der Waals surface area contributed by atoms with E-state index in [1.54, 1.807) is 0 Å². The molecule has 1 saturated carbocycles. The second-order valence-electron chi connectivity index (χ2n) is 7.11. The van der Waals surface area contributed by atoms with Gasteiger partial charge in [0.15, 0.2) is 0 Å². The smallest absolute Gasteiger partial charge is 0.203 e. The van der Waals surface area contributed by atoms with Crippen molar-refractivity contribution in [2.45, 2.75) is 64.8 Å². The van der Waals surface area contributed by atoms with Gasteiger partial charge in [-0.15, -0.1) is 0 Å². The molecule has 1 aliphatic carbocycles. The number of hydrogen-bond acceptors (Lipinski definition) is 3. The highest BCUT2D eigenvalue weighted by atomic mass is 15.2. The van der Waals surface area contributed by atoms with Crippen molar-refractivity contribution in [1.29, 1.82) is 0 Å². The van der Waals surface area contributed by atoms with Crippen LogP contribution in [-0.2, 0) is 7.05 Å². The highest BCUT2D eigenvalue weighted by molar-refractivity contribution is 5.91. The first-order valence-electron chi connectivity index (χ1n) is 9.71. The molecule has 132 valence electrons. The molecule has 1 aromatic heterocycles. The van der Waals surface area contributed by atoms with Crippen molar-refractivity contribution >= 4 is 22.7 Å². The quantitative estimate of drug-likeness (QED) is 0.781. The standard InChI is InChI=1S/C20H32N4/c1-4-14-24(15-5-2)18-13-9-12-17-19(18)23(3)20(22-17)21-16-10-7-6-8-11-16/h9,12-13,16H,4-8,10-11,14-15H2,1-3H3,(H,21,22). The molecule has 0 unspecified atom stereocenters. The van der Waals surface area contributed by atoms with Crippen LogP contribution in [-0.4, -0.2) is 28.7 Å². The van der Waals surface area contributed by atoms with E-state index in [-0.39, 0.29) is 0 Å². The van der Waals surface area contributed by atoms with Gasteiger partial charge in [-0.2, -0.15) is 0 Å². The fourth-order valence-corrected chi connectivity index (χ4v) is 3.95. The molecular formula is C20H32N4. The predicted molar refractivity (Wildman–Crippen MR) is 104 cm³/mol. The molecular weight excluding hydrogens is 296 g/mol. The van der Waals surface area contributed by atoms with Crippen molar-refractivity contribution < 1.29 is 0 Å². The average Bonchev–Trinajstić information content (AvgIpc) is 2.92. The van der Waals surface area contributed by atoms with Crippen molar-refractivity contribution in [3.05, 3.63) is 18.2 Å². The van der Waals surface area contributed by atoms with Gasteiger partial charge in [0.05, 0.1) is 16.7 Å². The molecule has 1 aliphatic rings. The van der Waals surface area contributed by atoms with E-state index in [1.165, 1.54) is 56.1 Å². The third-order valence-electron chi connectivity index (χ3n) is 5.14. The lowest BCUT2D eigenvalue weighted by Crippen LogP contribution is -2.26. The lowest BCUT2D eigenvalue weighted by atomic mass is 9.96. The van der Waals surface area contributed by atoms with E-state index in [0.29, 0.717) is 6.04 Å². The number of aryl methyl sites for hydroxylation is 1. The van der Waals surface area contributed by atoms with Gasteiger partial charge in [0.1, 0.15) is 0 Å². The van der Waals surface area contributed by atoms with Crippen LogP contribution in [0.25, 0.3) is 11.0 Å². The van der Waals surface area contributed by atoms with E-state index in [2.05, 4.69) is 53.9 Å². The van der Waals surface area contributed by atoms with E-state index in [1.807, 2.05) is 0 Å². The Morgan fingerprint density at radius 3 is 2.50 bits per heavy atom. The first-order valence-corrected chi connectivity index (χ1v) is 9.71. The van der Waals surface area contributed by atoms with Gasteiger partial charge in [-0.05, 0) is 37.8 Å². The third kappa shape index (κ3) is 3.52. The molecule has 0 amide bonds. The van der Waals surface area contributed by atoms with Crippen LogP contribution in [0.4, 0.5) is 11.6 Å². The van der Waals surface area contributed by atoms with E-state index >= 15 is 0 Å². The van der Waals surface area contributed by atoms with Gasteiger partial charge < -0.3 is 14.8 Å². The summed E-state index contributed by atoms with van der Waals surface area (Å²) in [4.78, 5) is 7.40. The number of anilines is 2. The monoisotopic (exact) mass is 328 g/mol. The first-order chi connectivity index (χ1) is 11.7. The van der Waals surface area contributed by atoms with Crippen LogP contribution in [0.3, 0.4) is 0 Å². The summed E-state index contributed by atoms with van der Waals surface area (Å²) in [5.74, 6) is 1.03. The van der Waals surface area contributed by atoms with Gasteiger partial charge in [0.2, 0.25) is 5.95 Å². The van der Waals surface area contributed by atoms with E-state index in [4.69, 9.17) is 4.98 Å². The molecule has 3 rings (SSSR count). The molecule has 0 radical (unpaired) electrons. The van der Waals surface area contributed by atoms with Gasteiger partial charge in [-0.3, -0.25) is 0 Å². The number of nitrogens with one attached hydrogen (secondary N) is 1. The number of imidazole rings is 1. The van der Waals surface area contributed by atoms with Gasteiger partial charge >= 0.3 is 0 Å². The Hall–Kier alpha value is -1.71. The zero-order valence-corrected chi connectivity index (χ0v) is 15.5. The summed E-state index contributed by atoms with van der Waals surface area (Å²) in [6.07, 6.45) is 8.94. The predicted octanol–water partition coefficient (Wildman–Crippen LogP) is 4.94. The summed E-state index contributed by atoms with van der Waals surface area (Å²) in [5, 5.41) is 3.70. The Kier molecular flexibility index (Phi) is 5.64. The highest BCUT2D eigenvalue weighted by Crippen LogP contribution is 2.30. The van der Waals surface area contributed by atoms with Gasteiger partial charge in [-0.1, -0.05) is 39.2 Å². The highest BCUT2D eigenvalue weighted by Gasteiger charge is 2.19. The van der Waals surface area contributed by atoms with Crippen LogP contribution in [0.2, 0.25) is 0 Å². The normalized spacial score (nSPS) is 15.8. The molecule has 1 heterocycles. The van der Waals surface area contributed by atoms with Crippen molar-refractivity contribution in [3.8, 4) is 0 Å². The van der Waals surface area contributed by atoms with Crippen LogP contribution in [0.15, 0.2) is 18.2 Å². The summed E-state index contributed by atoms with van der Waals surface area (Å²) >= 11 is 0. The summed E-state index contributed by atoms with van der Waals surface area (Å²) < 4.78 is 2.26. The van der Waals surface area contributed by atoms with E-state index in [9.17, 15) is 0 Å². The van der Waals surface area contributed by atoms with Crippen molar-refractivity contribution in [2.24, 2.45) is 7.05 Å². The van der Waals surface area contributed by atoms with Crippen molar-refractivity contribution in [3.63, 3.8) is 0 Å². The summed E-state index contributed by atoms with van der Waals surface area (Å²) in [7, 11) is 2.15. The fraction of sp³-hybridized carbons (Fsp3) is 0.650. The number of rotatable bonds is 7. The van der Waals surface area contributed by atoms with Crippen molar-refractivity contribution in [2.75, 3.05) is 23.3 Å². The van der Waals surface area contributed by atoms with E-state index < -0.39 is 0 Å². The van der Waals surface area contributed by atoms with Crippen LogP contribution in [0, 0.1) is 0 Å². The number of aromatic nitrogens is 2. The number of hydrogen-bond donors (Lipinski definition) is 1. The minimum atomic E-state index is 0.583.